The van der Waals surface area contributed by atoms with E-state index in [0.717, 1.165) is 11.2 Å². The summed E-state index contributed by atoms with van der Waals surface area (Å²) < 4.78 is 0. The molecule has 70 valence electrons. The van der Waals surface area contributed by atoms with Crippen molar-refractivity contribution in [1.82, 2.24) is 0 Å². The van der Waals surface area contributed by atoms with Gasteiger partial charge in [-0.05, 0) is 13.0 Å². The number of hydrogen-bond acceptors (Lipinski definition) is 3. The summed E-state index contributed by atoms with van der Waals surface area (Å²) >= 11 is 1.42. The second-order valence-electron chi connectivity index (χ2n) is 2.66. The molecule has 1 heterocycles. The number of amides is 1. The lowest BCUT2D eigenvalue weighted by Gasteiger charge is -1.99. The van der Waals surface area contributed by atoms with Gasteiger partial charge in [-0.15, -0.1) is 11.3 Å². The van der Waals surface area contributed by atoms with Crippen LogP contribution < -0.4 is 5.32 Å². The molecule has 0 atom stereocenters. The van der Waals surface area contributed by atoms with Crippen molar-refractivity contribution in [1.29, 1.82) is 0 Å². The lowest BCUT2D eigenvalue weighted by molar-refractivity contribution is -0.115. The SMILES string of the molecule is CCC(=O)Nc1sc(C)cc1C=O. The monoisotopic (exact) mass is 197 g/mol. The minimum atomic E-state index is -0.0649. The van der Waals surface area contributed by atoms with Gasteiger partial charge in [-0.3, -0.25) is 9.59 Å². The van der Waals surface area contributed by atoms with Crippen LogP contribution in [0.4, 0.5) is 5.00 Å². The van der Waals surface area contributed by atoms with Gasteiger partial charge in [0.1, 0.15) is 5.00 Å². The third-order valence-electron chi connectivity index (χ3n) is 1.59. The average Bonchev–Trinajstić information content (AvgIpc) is 2.46. The lowest BCUT2D eigenvalue weighted by Crippen LogP contribution is -2.09. The quantitative estimate of drug-likeness (QED) is 0.755. The molecule has 1 N–H and O–H groups in total. The van der Waals surface area contributed by atoms with E-state index in [1.807, 2.05) is 6.92 Å². The topological polar surface area (TPSA) is 46.2 Å². The maximum absolute atomic E-state index is 11.0. The number of carbonyl (C=O) groups is 2. The van der Waals surface area contributed by atoms with Crippen molar-refractivity contribution in [3.05, 3.63) is 16.5 Å². The van der Waals surface area contributed by atoms with Crippen LogP contribution in [0, 0.1) is 6.92 Å². The summed E-state index contributed by atoms with van der Waals surface area (Å²) in [5.41, 5.74) is 0.560. The van der Waals surface area contributed by atoms with Crippen molar-refractivity contribution in [2.24, 2.45) is 0 Å². The van der Waals surface area contributed by atoms with Crippen molar-refractivity contribution in [2.75, 3.05) is 5.32 Å². The second kappa shape index (κ2) is 4.18. The molecule has 0 aliphatic heterocycles. The third kappa shape index (κ3) is 2.39. The molecular formula is C9H11NO2S. The predicted octanol–water partition coefficient (Wildman–Crippen LogP) is 2.22. The van der Waals surface area contributed by atoms with Crippen LogP contribution in [0.3, 0.4) is 0 Å². The smallest absolute Gasteiger partial charge is 0.224 e. The van der Waals surface area contributed by atoms with Crippen molar-refractivity contribution >= 4 is 28.5 Å². The number of carbonyl (C=O) groups excluding carboxylic acids is 2. The average molecular weight is 197 g/mol. The van der Waals surface area contributed by atoms with Gasteiger partial charge in [-0.25, -0.2) is 0 Å². The van der Waals surface area contributed by atoms with Gasteiger partial charge in [0.05, 0.1) is 0 Å². The minimum Gasteiger partial charge on any atom is -0.317 e. The van der Waals surface area contributed by atoms with E-state index < -0.39 is 0 Å². The summed E-state index contributed by atoms with van der Waals surface area (Å²) in [6.07, 6.45) is 1.18. The summed E-state index contributed by atoms with van der Waals surface area (Å²) in [6.45, 7) is 3.68. The molecule has 0 bridgehead atoms. The Morgan fingerprint density at radius 1 is 1.69 bits per heavy atom. The molecule has 0 radical (unpaired) electrons. The van der Waals surface area contributed by atoms with E-state index in [-0.39, 0.29) is 5.91 Å². The summed E-state index contributed by atoms with van der Waals surface area (Å²) in [5.74, 6) is -0.0649. The lowest BCUT2D eigenvalue weighted by atomic mass is 10.3. The number of hydrogen-bond donors (Lipinski definition) is 1. The number of nitrogens with one attached hydrogen (secondary N) is 1. The fourth-order valence-electron chi connectivity index (χ4n) is 0.934. The first-order valence-electron chi connectivity index (χ1n) is 4.02. The maximum atomic E-state index is 11.0. The molecule has 0 unspecified atom stereocenters. The minimum absolute atomic E-state index is 0.0649. The Morgan fingerprint density at radius 2 is 2.38 bits per heavy atom. The molecular weight excluding hydrogens is 186 g/mol. The molecule has 0 aromatic carbocycles. The van der Waals surface area contributed by atoms with Crippen LogP contribution in [-0.4, -0.2) is 12.2 Å². The van der Waals surface area contributed by atoms with Crippen LogP contribution in [-0.2, 0) is 4.79 Å². The Balaban J connectivity index is 2.86. The number of anilines is 1. The third-order valence-corrected chi connectivity index (χ3v) is 2.57. The molecule has 0 spiro atoms. The molecule has 4 heteroatoms. The Kier molecular flexibility index (Phi) is 3.19. The highest BCUT2D eigenvalue weighted by Crippen LogP contribution is 2.25. The largest absolute Gasteiger partial charge is 0.317 e. The molecule has 0 fully saturated rings. The number of aldehydes is 1. The maximum Gasteiger partial charge on any atom is 0.224 e. The molecule has 0 saturated heterocycles. The number of thiophene rings is 1. The van der Waals surface area contributed by atoms with Crippen LogP contribution in [0.5, 0.6) is 0 Å². The number of aryl methyl sites for hydroxylation is 1. The highest BCUT2D eigenvalue weighted by molar-refractivity contribution is 7.16. The number of rotatable bonds is 3. The standard InChI is InChI=1S/C9H11NO2S/c1-3-8(12)10-9-7(5-11)4-6(2)13-9/h4-5H,3H2,1-2H3,(H,10,12). The van der Waals surface area contributed by atoms with Gasteiger partial charge in [0.2, 0.25) is 5.91 Å². The molecule has 13 heavy (non-hydrogen) atoms. The summed E-state index contributed by atoms with van der Waals surface area (Å²) in [5, 5.41) is 3.33. The van der Waals surface area contributed by atoms with E-state index in [9.17, 15) is 9.59 Å². The zero-order chi connectivity index (χ0) is 9.84. The molecule has 0 aliphatic carbocycles. The van der Waals surface area contributed by atoms with Crippen LogP contribution in [0.25, 0.3) is 0 Å². The second-order valence-corrected chi connectivity index (χ2v) is 3.92. The summed E-state index contributed by atoms with van der Waals surface area (Å²) in [7, 11) is 0. The predicted molar refractivity (Wildman–Crippen MR) is 53.4 cm³/mol. The van der Waals surface area contributed by atoms with Crippen LogP contribution in [0.1, 0.15) is 28.6 Å². The zero-order valence-electron chi connectivity index (χ0n) is 7.59. The molecule has 3 nitrogen and oxygen atoms in total. The fraction of sp³-hybridized carbons (Fsp3) is 0.333. The van der Waals surface area contributed by atoms with Gasteiger partial charge >= 0.3 is 0 Å². The van der Waals surface area contributed by atoms with Crippen molar-refractivity contribution in [3.8, 4) is 0 Å². The first-order valence-corrected chi connectivity index (χ1v) is 4.84. The van der Waals surface area contributed by atoms with E-state index >= 15 is 0 Å². The highest BCUT2D eigenvalue weighted by Gasteiger charge is 2.07. The Hall–Kier alpha value is -1.16. The first kappa shape index (κ1) is 9.92. The van der Waals surface area contributed by atoms with Gasteiger partial charge in [0, 0.05) is 16.9 Å². The molecule has 1 aromatic heterocycles. The van der Waals surface area contributed by atoms with Gasteiger partial charge in [-0.2, -0.15) is 0 Å². The summed E-state index contributed by atoms with van der Waals surface area (Å²) in [4.78, 5) is 22.6. The molecule has 0 aliphatic rings. The van der Waals surface area contributed by atoms with Gasteiger partial charge in [-0.1, -0.05) is 6.92 Å². The molecule has 1 rings (SSSR count). The first-order chi connectivity index (χ1) is 6.17. The van der Waals surface area contributed by atoms with Crippen molar-refractivity contribution in [2.45, 2.75) is 20.3 Å². The normalized spacial score (nSPS) is 9.69. The van der Waals surface area contributed by atoms with Crippen molar-refractivity contribution in [3.63, 3.8) is 0 Å². The Morgan fingerprint density at radius 3 is 2.92 bits per heavy atom. The van der Waals surface area contributed by atoms with Gasteiger partial charge in [0.15, 0.2) is 6.29 Å². The van der Waals surface area contributed by atoms with E-state index in [4.69, 9.17) is 0 Å². The van der Waals surface area contributed by atoms with Crippen LogP contribution >= 0.6 is 11.3 Å². The fourth-order valence-corrected chi connectivity index (χ4v) is 1.83. The van der Waals surface area contributed by atoms with Gasteiger partial charge in [0.25, 0.3) is 0 Å². The van der Waals surface area contributed by atoms with Crippen molar-refractivity contribution < 1.29 is 9.59 Å². The molecule has 1 aromatic rings. The van der Waals surface area contributed by atoms with E-state index in [1.54, 1.807) is 13.0 Å². The Bertz CT molecular complexity index is 330. The molecule has 0 saturated carbocycles. The van der Waals surface area contributed by atoms with Gasteiger partial charge < -0.3 is 5.32 Å². The molecule has 1 amide bonds. The Labute approximate surface area is 80.8 Å². The zero-order valence-corrected chi connectivity index (χ0v) is 8.40. The highest BCUT2D eigenvalue weighted by atomic mass is 32.1. The summed E-state index contributed by atoms with van der Waals surface area (Å²) in [6, 6.07) is 1.77. The van der Waals surface area contributed by atoms with Crippen LogP contribution in [0.15, 0.2) is 6.07 Å². The van der Waals surface area contributed by atoms with E-state index in [2.05, 4.69) is 5.32 Å². The van der Waals surface area contributed by atoms with E-state index in [1.165, 1.54) is 11.3 Å². The van der Waals surface area contributed by atoms with Crippen LogP contribution in [0.2, 0.25) is 0 Å². The van der Waals surface area contributed by atoms with E-state index in [0.29, 0.717) is 17.0 Å².